The summed E-state index contributed by atoms with van der Waals surface area (Å²) in [6.07, 6.45) is 1.39. The number of halogens is 1. The summed E-state index contributed by atoms with van der Waals surface area (Å²) < 4.78 is 15.6. The molecule has 0 spiro atoms. The summed E-state index contributed by atoms with van der Waals surface area (Å²) in [6.45, 7) is 2.83. The molecule has 0 saturated carbocycles. The van der Waals surface area contributed by atoms with Crippen LogP contribution in [0.5, 0.6) is 0 Å². The van der Waals surface area contributed by atoms with E-state index in [1.165, 1.54) is 12.1 Å². The van der Waals surface area contributed by atoms with Crippen LogP contribution in [0.2, 0.25) is 0 Å². The van der Waals surface area contributed by atoms with E-state index in [9.17, 15) is 24.5 Å². The normalized spacial score (nSPS) is 13.3. The summed E-state index contributed by atoms with van der Waals surface area (Å²) in [5.41, 5.74) is 3.68. The number of para-hydroxylation sites is 1. The van der Waals surface area contributed by atoms with Gasteiger partial charge in [-0.3, -0.25) is 0 Å². The van der Waals surface area contributed by atoms with E-state index >= 15 is 0 Å². The van der Waals surface area contributed by atoms with Gasteiger partial charge < -0.3 is 24.7 Å². The molecule has 2 unspecified atom stereocenters. The summed E-state index contributed by atoms with van der Waals surface area (Å²) in [4.78, 5) is 10.6. The minimum atomic E-state index is -1.36. The molecule has 7 heteroatoms. The maximum absolute atomic E-state index is 13.5. The molecule has 2 atom stereocenters. The van der Waals surface area contributed by atoms with E-state index in [1.54, 1.807) is 24.3 Å². The molecule has 3 rings (SSSR count). The standard InChI is InChI=1S/C24H26FNO4.Na/c1-2-13-26-21-6-4-3-5-20(21)24(16-7-9-17(25)10-8-16)22(26)12-11-18(27)14-19(28)15-23(29)30;/h3-12,18-19,27-28H,2,13-15H2,1H3,(H,29,30);/q;+1/p-1. The quantitative estimate of drug-likeness (QED) is 0.470. The Morgan fingerprint density at radius 1 is 1.16 bits per heavy atom. The van der Waals surface area contributed by atoms with Gasteiger partial charge in [0.1, 0.15) is 5.82 Å². The van der Waals surface area contributed by atoms with Gasteiger partial charge in [-0.2, -0.15) is 0 Å². The van der Waals surface area contributed by atoms with Crippen LogP contribution in [0.15, 0.2) is 54.6 Å². The number of benzene rings is 2. The molecule has 0 amide bonds. The molecule has 0 fully saturated rings. The van der Waals surface area contributed by atoms with Crippen molar-refractivity contribution in [3.63, 3.8) is 0 Å². The number of aryl methyl sites for hydroxylation is 1. The number of aliphatic carboxylic acids is 1. The Hall–Kier alpha value is -1.96. The summed E-state index contributed by atoms with van der Waals surface area (Å²) in [5.74, 6) is -1.68. The molecular weight excluding hydrogens is 408 g/mol. The monoisotopic (exact) mass is 433 g/mol. The number of nitrogens with zero attached hydrogens (tertiary/aromatic N) is 1. The summed E-state index contributed by atoms with van der Waals surface area (Å²) in [7, 11) is 0. The van der Waals surface area contributed by atoms with Crippen molar-refractivity contribution in [3.8, 4) is 11.1 Å². The average Bonchev–Trinajstić information content (AvgIpc) is 3.00. The van der Waals surface area contributed by atoms with Crippen LogP contribution in [-0.2, 0) is 11.3 Å². The molecule has 2 N–H and O–H groups in total. The Labute approximate surface area is 203 Å². The Morgan fingerprint density at radius 3 is 2.48 bits per heavy atom. The first-order chi connectivity index (χ1) is 14.4. The van der Waals surface area contributed by atoms with Gasteiger partial charge in [0.05, 0.1) is 12.2 Å². The first-order valence-corrected chi connectivity index (χ1v) is 10.0. The van der Waals surface area contributed by atoms with Gasteiger partial charge >= 0.3 is 29.6 Å². The van der Waals surface area contributed by atoms with Crippen LogP contribution >= 0.6 is 0 Å². The molecule has 0 aliphatic rings. The maximum atomic E-state index is 13.5. The number of carboxylic acids is 1. The van der Waals surface area contributed by atoms with Gasteiger partial charge in [-0.25, -0.2) is 4.39 Å². The van der Waals surface area contributed by atoms with Crippen LogP contribution in [0.4, 0.5) is 4.39 Å². The van der Waals surface area contributed by atoms with Crippen LogP contribution in [0, 0.1) is 5.82 Å². The second-order valence-electron chi connectivity index (χ2n) is 7.33. The Balaban J connectivity index is 0.00000341. The largest absolute Gasteiger partial charge is 1.00 e. The zero-order valence-corrected chi connectivity index (χ0v) is 19.8. The molecule has 31 heavy (non-hydrogen) atoms. The topological polar surface area (TPSA) is 85.5 Å². The Kier molecular flexibility index (Phi) is 9.47. The van der Waals surface area contributed by atoms with Crippen molar-refractivity contribution < 1.29 is 54.1 Å². The van der Waals surface area contributed by atoms with Crippen molar-refractivity contribution in [2.75, 3.05) is 0 Å². The molecule has 5 nitrogen and oxygen atoms in total. The van der Waals surface area contributed by atoms with Crippen molar-refractivity contribution in [2.45, 2.75) is 44.9 Å². The van der Waals surface area contributed by atoms with Crippen LogP contribution in [-0.4, -0.2) is 33.0 Å². The summed E-state index contributed by atoms with van der Waals surface area (Å²) in [6, 6.07) is 14.2. The van der Waals surface area contributed by atoms with E-state index in [0.29, 0.717) is 0 Å². The smallest absolute Gasteiger partial charge is 0.550 e. The predicted molar refractivity (Wildman–Crippen MR) is 113 cm³/mol. The first kappa shape index (κ1) is 25.3. The third-order valence-electron chi connectivity index (χ3n) is 4.98. The van der Waals surface area contributed by atoms with Gasteiger partial charge in [-0.1, -0.05) is 43.3 Å². The molecule has 0 saturated heterocycles. The molecule has 158 valence electrons. The van der Waals surface area contributed by atoms with Gasteiger partial charge in [0.2, 0.25) is 0 Å². The number of aliphatic hydroxyl groups excluding tert-OH is 2. The zero-order chi connectivity index (χ0) is 21.7. The number of rotatable bonds is 9. The molecular formula is C24H25FNNaO4. The fraction of sp³-hybridized carbons (Fsp3) is 0.292. The van der Waals surface area contributed by atoms with Gasteiger partial charge in [-0.15, -0.1) is 0 Å². The van der Waals surface area contributed by atoms with E-state index in [2.05, 4.69) is 11.5 Å². The molecule has 2 aromatic carbocycles. The first-order valence-electron chi connectivity index (χ1n) is 10.0. The molecule has 1 aromatic heterocycles. The van der Waals surface area contributed by atoms with E-state index in [4.69, 9.17) is 0 Å². The molecule has 0 radical (unpaired) electrons. The third-order valence-corrected chi connectivity index (χ3v) is 4.98. The van der Waals surface area contributed by atoms with Crippen molar-refractivity contribution >= 4 is 22.9 Å². The Morgan fingerprint density at radius 2 is 1.84 bits per heavy atom. The van der Waals surface area contributed by atoms with Gasteiger partial charge in [0.15, 0.2) is 0 Å². The molecule has 0 aliphatic heterocycles. The SMILES string of the molecule is CCCn1c(C=CC(O)CC(O)CC(=O)[O-])c(-c2ccc(F)cc2)c2ccccc21.[Na+]. The second kappa shape index (κ2) is 11.6. The van der Waals surface area contributed by atoms with Gasteiger partial charge in [-0.05, 0) is 36.3 Å². The van der Waals surface area contributed by atoms with Crippen LogP contribution < -0.4 is 34.7 Å². The summed E-state index contributed by atoms with van der Waals surface area (Å²) in [5, 5.41) is 31.6. The second-order valence-corrected chi connectivity index (χ2v) is 7.33. The maximum Gasteiger partial charge on any atom is 1.00 e. The fourth-order valence-corrected chi connectivity index (χ4v) is 3.72. The van der Waals surface area contributed by atoms with Crippen LogP contribution in [0.1, 0.15) is 31.9 Å². The van der Waals surface area contributed by atoms with Crippen molar-refractivity contribution in [3.05, 3.63) is 66.1 Å². The van der Waals surface area contributed by atoms with Crippen LogP contribution in [0.25, 0.3) is 28.1 Å². The Bertz CT molecular complexity index is 1050. The average molecular weight is 433 g/mol. The van der Waals surface area contributed by atoms with Crippen molar-refractivity contribution in [1.29, 1.82) is 0 Å². The van der Waals surface area contributed by atoms with Gasteiger partial charge in [0.25, 0.3) is 0 Å². The molecule has 0 bridgehead atoms. The number of carbonyl (C=O) groups is 1. The molecule has 3 aromatic rings. The summed E-state index contributed by atoms with van der Waals surface area (Å²) >= 11 is 0. The zero-order valence-electron chi connectivity index (χ0n) is 17.8. The number of carboxylic acid groups (broad SMARTS) is 1. The number of fused-ring (bicyclic) bond motifs is 1. The number of hydrogen-bond donors (Lipinski definition) is 2. The van der Waals surface area contributed by atoms with E-state index < -0.39 is 24.6 Å². The predicted octanol–water partition coefficient (Wildman–Crippen LogP) is 0.126. The fourth-order valence-electron chi connectivity index (χ4n) is 3.72. The number of aromatic nitrogens is 1. The molecule has 0 aliphatic carbocycles. The number of carbonyl (C=O) groups excluding carboxylic acids is 1. The minimum Gasteiger partial charge on any atom is -0.550 e. The van der Waals surface area contributed by atoms with E-state index in [-0.39, 0.29) is 41.8 Å². The van der Waals surface area contributed by atoms with E-state index in [0.717, 1.165) is 40.7 Å². The number of aliphatic hydroxyl groups is 2. The third kappa shape index (κ3) is 6.28. The van der Waals surface area contributed by atoms with Crippen LogP contribution in [0.3, 0.4) is 0 Å². The minimum absolute atomic E-state index is 0. The number of hydrogen-bond acceptors (Lipinski definition) is 4. The van der Waals surface area contributed by atoms with E-state index in [1.807, 2.05) is 24.3 Å². The van der Waals surface area contributed by atoms with Crippen molar-refractivity contribution in [1.82, 2.24) is 4.57 Å². The van der Waals surface area contributed by atoms with Crippen molar-refractivity contribution in [2.24, 2.45) is 0 Å². The molecule has 1 heterocycles. The van der Waals surface area contributed by atoms with Gasteiger partial charge in [0, 0.05) is 47.5 Å².